The fourth-order valence-electron chi connectivity index (χ4n) is 2.09. The highest BCUT2D eigenvalue weighted by atomic mass is 79.9. The van der Waals surface area contributed by atoms with Crippen molar-refractivity contribution in [2.45, 2.75) is 25.8 Å². The molecule has 1 aromatic carbocycles. The van der Waals surface area contributed by atoms with Gasteiger partial charge < -0.3 is 5.32 Å². The van der Waals surface area contributed by atoms with E-state index in [-0.39, 0.29) is 6.04 Å². The average Bonchev–Trinajstić information content (AvgIpc) is 2.75. The Morgan fingerprint density at radius 3 is 2.65 bits per heavy atom. The minimum absolute atomic E-state index is 0.185. The fraction of sp³-hybridized carbons (Fsp3) is 0.333. The van der Waals surface area contributed by atoms with Gasteiger partial charge in [-0.3, -0.25) is 0 Å². The molecule has 2 rings (SSSR count). The molecule has 0 spiro atoms. The first-order chi connectivity index (χ1) is 9.61. The highest BCUT2D eigenvalue weighted by Gasteiger charge is 2.18. The summed E-state index contributed by atoms with van der Waals surface area (Å²) in [6, 6.07) is 10.4. The van der Waals surface area contributed by atoms with Gasteiger partial charge >= 0.3 is 0 Å². The van der Waals surface area contributed by atoms with Crippen LogP contribution in [-0.2, 0) is 6.42 Å². The van der Waals surface area contributed by atoms with Crippen molar-refractivity contribution in [2.24, 2.45) is 0 Å². The lowest BCUT2D eigenvalue weighted by Gasteiger charge is -2.19. The van der Waals surface area contributed by atoms with E-state index in [9.17, 15) is 0 Å². The predicted molar refractivity (Wildman–Crippen MR) is 93.2 cm³/mol. The van der Waals surface area contributed by atoms with Crippen LogP contribution >= 0.6 is 50.5 Å². The largest absolute Gasteiger partial charge is 0.310 e. The molecule has 0 bridgehead atoms. The maximum Gasteiger partial charge on any atom is 0.0992 e. The summed E-state index contributed by atoms with van der Waals surface area (Å²) < 4.78 is 2.64. The number of hydrogen-bond donors (Lipinski definition) is 1. The number of rotatable bonds is 6. The molecular formula is C15H16BrCl2NS. The van der Waals surface area contributed by atoms with Crippen molar-refractivity contribution in [1.82, 2.24) is 5.32 Å². The van der Waals surface area contributed by atoms with Crippen LogP contribution in [0.15, 0.2) is 34.8 Å². The summed E-state index contributed by atoms with van der Waals surface area (Å²) >= 11 is 17.4. The smallest absolute Gasteiger partial charge is 0.0992 e. The van der Waals surface area contributed by atoms with Crippen molar-refractivity contribution >= 4 is 50.5 Å². The van der Waals surface area contributed by atoms with E-state index in [1.165, 1.54) is 16.9 Å². The third-order valence-electron chi connectivity index (χ3n) is 3.08. The molecule has 0 saturated heterocycles. The molecule has 1 aromatic heterocycles. The Hall–Kier alpha value is -0.0600. The van der Waals surface area contributed by atoms with Gasteiger partial charge in [0.25, 0.3) is 0 Å². The van der Waals surface area contributed by atoms with Crippen LogP contribution < -0.4 is 5.32 Å². The van der Waals surface area contributed by atoms with Crippen molar-refractivity contribution in [3.8, 4) is 0 Å². The van der Waals surface area contributed by atoms with Crippen LogP contribution in [0.4, 0.5) is 0 Å². The normalized spacial score (nSPS) is 12.6. The molecule has 1 heterocycles. The third-order valence-corrected chi connectivity index (χ3v) is 5.37. The quantitative estimate of drug-likeness (QED) is 0.625. The second-order valence-corrected chi connectivity index (χ2v) is 7.72. The molecule has 0 saturated carbocycles. The molecule has 108 valence electrons. The van der Waals surface area contributed by atoms with Crippen LogP contribution in [0.2, 0.25) is 8.67 Å². The highest BCUT2D eigenvalue weighted by Crippen LogP contribution is 2.36. The van der Waals surface area contributed by atoms with Crippen molar-refractivity contribution in [3.05, 3.63) is 54.6 Å². The van der Waals surface area contributed by atoms with Gasteiger partial charge in [-0.15, -0.1) is 11.3 Å². The average molecular weight is 393 g/mol. The van der Waals surface area contributed by atoms with E-state index in [4.69, 9.17) is 23.2 Å². The van der Waals surface area contributed by atoms with E-state index in [2.05, 4.69) is 46.4 Å². The number of halogens is 3. The molecule has 5 heteroatoms. The van der Waals surface area contributed by atoms with Crippen LogP contribution in [0.3, 0.4) is 0 Å². The number of nitrogens with one attached hydrogen (secondary N) is 1. The number of benzene rings is 1. The third kappa shape index (κ3) is 4.22. The molecule has 1 nitrogen and oxygen atoms in total. The minimum atomic E-state index is 0.185. The zero-order chi connectivity index (χ0) is 14.5. The molecule has 1 N–H and O–H groups in total. The molecule has 0 aliphatic carbocycles. The topological polar surface area (TPSA) is 12.0 Å². The van der Waals surface area contributed by atoms with Gasteiger partial charge in [0.1, 0.15) is 0 Å². The minimum Gasteiger partial charge on any atom is -0.310 e. The number of thiophene rings is 1. The molecule has 0 aliphatic rings. The Bertz CT molecular complexity index is 571. The van der Waals surface area contributed by atoms with Gasteiger partial charge in [-0.05, 0) is 37.1 Å². The summed E-state index contributed by atoms with van der Waals surface area (Å²) in [6.07, 6.45) is 1.97. The SMILES string of the molecule is CCCNC(Cc1ccccc1Br)c1cc(Cl)sc1Cl. The van der Waals surface area contributed by atoms with E-state index in [0.717, 1.165) is 38.1 Å². The number of hydrogen-bond acceptors (Lipinski definition) is 2. The van der Waals surface area contributed by atoms with Crippen LogP contribution in [0.1, 0.15) is 30.5 Å². The van der Waals surface area contributed by atoms with Gasteiger partial charge in [-0.1, -0.05) is 64.3 Å². The van der Waals surface area contributed by atoms with Crippen molar-refractivity contribution in [3.63, 3.8) is 0 Å². The van der Waals surface area contributed by atoms with E-state index >= 15 is 0 Å². The monoisotopic (exact) mass is 391 g/mol. The Labute approximate surface area is 142 Å². The van der Waals surface area contributed by atoms with Crippen molar-refractivity contribution in [1.29, 1.82) is 0 Å². The second kappa shape index (κ2) is 7.81. The Morgan fingerprint density at radius 2 is 2.05 bits per heavy atom. The van der Waals surface area contributed by atoms with Crippen LogP contribution in [0.5, 0.6) is 0 Å². The first kappa shape index (κ1) is 16.3. The summed E-state index contributed by atoms with van der Waals surface area (Å²) in [5, 5.41) is 3.56. The van der Waals surface area contributed by atoms with Crippen molar-refractivity contribution in [2.75, 3.05) is 6.54 Å². The molecule has 0 aliphatic heterocycles. The van der Waals surface area contributed by atoms with Crippen LogP contribution in [0, 0.1) is 0 Å². The summed E-state index contributed by atoms with van der Waals surface area (Å²) in [6.45, 7) is 3.11. The van der Waals surface area contributed by atoms with E-state index in [0.29, 0.717) is 0 Å². The van der Waals surface area contributed by atoms with Crippen LogP contribution in [0.25, 0.3) is 0 Å². The summed E-state index contributed by atoms with van der Waals surface area (Å²) in [5.74, 6) is 0. The first-order valence-corrected chi connectivity index (χ1v) is 8.90. The molecule has 0 amide bonds. The highest BCUT2D eigenvalue weighted by molar-refractivity contribution is 9.10. The summed E-state index contributed by atoms with van der Waals surface area (Å²) in [5.41, 5.74) is 2.35. The Kier molecular flexibility index (Phi) is 6.37. The summed E-state index contributed by atoms with van der Waals surface area (Å²) in [4.78, 5) is 0. The lowest BCUT2D eigenvalue weighted by molar-refractivity contribution is 0.530. The fourth-order valence-corrected chi connectivity index (χ4v) is 4.11. The second-order valence-electron chi connectivity index (χ2n) is 4.58. The van der Waals surface area contributed by atoms with E-state index in [1.54, 1.807) is 0 Å². The maximum absolute atomic E-state index is 6.31. The standard InChI is InChI=1S/C15H16BrCl2NS/c1-2-7-19-13(11-9-14(17)20-15(11)18)8-10-5-3-4-6-12(10)16/h3-6,9,13,19H,2,7-8H2,1H3. The lowest BCUT2D eigenvalue weighted by atomic mass is 10.0. The van der Waals surface area contributed by atoms with Gasteiger partial charge in [0.15, 0.2) is 0 Å². The van der Waals surface area contributed by atoms with Gasteiger partial charge in [-0.2, -0.15) is 0 Å². The van der Waals surface area contributed by atoms with Gasteiger partial charge in [0.05, 0.1) is 8.67 Å². The predicted octanol–water partition coefficient (Wildman–Crippen LogP) is 6.10. The van der Waals surface area contributed by atoms with Gasteiger partial charge in [-0.25, -0.2) is 0 Å². The van der Waals surface area contributed by atoms with Crippen molar-refractivity contribution < 1.29 is 0 Å². The Balaban J connectivity index is 2.24. The molecule has 0 fully saturated rings. The molecule has 2 aromatic rings. The molecule has 0 radical (unpaired) electrons. The first-order valence-electron chi connectivity index (χ1n) is 6.53. The van der Waals surface area contributed by atoms with E-state index in [1.807, 2.05) is 12.1 Å². The Morgan fingerprint density at radius 1 is 1.30 bits per heavy atom. The molecule has 20 heavy (non-hydrogen) atoms. The van der Waals surface area contributed by atoms with Crippen LogP contribution in [-0.4, -0.2) is 6.54 Å². The lowest BCUT2D eigenvalue weighted by Crippen LogP contribution is -2.24. The molecule has 1 unspecified atom stereocenters. The zero-order valence-electron chi connectivity index (χ0n) is 11.1. The van der Waals surface area contributed by atoms with E-state index < -0.39 is 0 Å². The zero-order valence-corrected chi connectivity index (χ0v) is 15.0. The van der Waals surface area contributed by atoms with Gasteiger partial charge in [0, 0.05) is 16.1 Å². The van der Waals surface area contributed by atoms with Gasteiger partial charge in [0.2, 0.25) is 0 Å². The maximum atomic E-state index is 6.31. The summed E-state index contributed by atoms with van der Waals surface area (Å²) in [7, 11) is 0. The molecule has 1 atom stereocenters. The molecular weight excluding hydrogens is 377 g/mol.